The second-order valence-electron chi connectivity index (χ2n) is 4.29. The Kier molecular flexibility index (Phi) is 3.80. The van der Waals surface area contributed by atoms with E-state index in [0.29, 0.717) is 12.4 Å². The molecule has 3 rings (SSSR count). The van der Waals surface area contributed by atoms with Crippen LogP contribution in [0.15, 0.2) is 28.2 Å². The van der Waals surface area contributed by atoms with Gasteiger partial charge >= 0.3 is 5.97 Å². The van der Waals surface area contributed by atoms with E-state index in [9.17, 15) is 9.18 Å². The Balaban J connectivity index is 1.80. The van der Waals surface area contributed by atoms with Gasteiger partial charge in [-0.3, -0.25) is 9.98 Å². The maximum Gasteiger partial charge on any atom is 0.359 e. The van der Waals surface area contributed by atoms with Crippen LogP contribution in [0.3, 0.4) is 0 Å². The minimum atomic E-state index is -1.29. The molecule has 0 unspecified atom stereocenters. The van der Waals surface area contributed by atoms with Crippen molar-refractivity contribution in [1.29, 1.82) is 0 Å². The highest BCUT2D eigenvalue weighted by Crippen LogP contribution is 2.23. The van der Waals surface area contributed by atoms with Crippen molar-refractivity contribution in [2.24, 2.45) is 9.98 Å². The van der Waals surface area contributed by atoms with Crippen LogP contribution in [0.1, 0.15) is 16.1 Å². The molecule has 0 atom stereocenters. The fraction of sp³-hybridized carbons (Fsp3) is 0.0714. The third-order valence-corrected chi connectivity index (χ3v) is 2.75. The molecule has 1 aromatic heterocycles. The van der Waals surface area contributed by atoms with Crippen molar-refractivity contribution in [2.45, 2.75) is 0 Å². The number of aromatic amines is 1. The highest BCUT2D eigenvalue weighted by atomic mass is 19.1. The highest BCUT2D eigenvalue weighted by molar-refractivity contribution is 6.39. The van der Waals surface area contributed by atoms with Crippen LogP contribution in [0.2, 0.25) is 0 Å². The number of nitrogens with zero attached hydrogens (tertiary/aromatic N) is 4. The molecule has 1 aliphatic heterocycles. The lowest BCUT2D eigenvalue weighted by atomic mass is 10.2. The lowest BCUT2D eigenvalue weighted by Crippen LogP contribution is -2.00. The van der Waals surface area contributed by atoms with Gasteiger partial charge in [0, 0.05) is 6.07 Å². The number of rotatable bonds is 3. The van der Waals surface area contributed by atoms with Crippen LogP contribution < -0.4 is 4.74 Å². The summed E-state index contributed by atoms with van der Waals surface area (Å²) in [6.45, 7) is 0.336. The fourth-order valence-corrected chi connectivity index (χ4v) is 1.69. The predicted molar refractivity (Wildman–Crippen MR) is 77.5 cm³/mol. The topological polar surface area (TPSA) is 113 Å². The SMILES string of the molecule is O=C(O)c1[nH]nnc1Oc1ccc(C#CC2=NCN=C2)c(F)c1. The van der Waals surface area contributed by atoms with E-state index in [1.807, 2.05) is 0 Å². The first kappa shape index (κ1) is 14.4. The van der Waals surface area contributed by atoms with E-state index in [0.717, 1.165) is 6.07 Å². The first-order valence-corrected chi connectivity index (χ1v) is 6.31. The summed E-state index contributed by atoms with van der Waals surface area (Å²) in [5.74, 6) is 3.24. The van der Waals surface area contributed by atoms with Crippen LogP contribution in [0.25, 0.3) is 0 Å². The maximum atomic E-state index is 14.0. The van der Waals surface area contributed by atoms with Crippen molar-refractivity contribution in [3.63, 3.8) is 0 Å². The molecule has 1 aromatic carbocycles. The molecule has 1 aliphatic rings. The van der Waals surface area contributed by atoms with Crippen LogP contribution in [0, 0.1) is 17.7 Å². The second-order valence-corrected chi connectivity index (χ2v) is 4.29. The van der Waals surface area contributed by atoms with Gasteiger partial charge in [-0.25, -0.2) is 14.3 Å². The number of hydrogen-bond donors (Lipinski definition) is 2. The summed E-state index contributed by atoms with van der Waals surface area (Å²) in [6.07, 6.45) is 1.51. The third-order valence-electron chi connectivity index (χ3n) is 2.75. The summed E-state index contributed by atoms with van der Waals surface area (Å²) in [7, 11) is 0. The fourth-order valence-electron chi connectivity index (χ4n) is 1.69. The van der Waals surface area contributed by atoms with Crippen LogP contribution in [-0.2, 0) is 0 Å². The highest BCUT2D eigenvalue weighted by Gasteiger charge is 2.17. The molecule has 0 saturated carbocycles. The molecule has 0 fully saturated rings. The Labute approximate surface area is 128 Å². The number of ether oxygens (including phenoxy) is 1. The van der Waals surface area contributed by atoms with Gasteiger partial charge in [-0.05, 0) is 18.1 Å². The molecule has 2 aromatic rings. The van der Waals surface area contributed by atoms with E-state index in [1.54, 1.807) is 0 Å². The zero-order valence-electron chi connectivity index (χ0n) is 11.4. The van der Waals surface area contributed by atoms with E-state index in [1.165, 1.54) is 18.3 Å². The number of carboxylic acid groups (broad SMARTS) is 1. The van der Waals surface area contributed by atoms with Gasteiger partial charge in [-0.15, -0.1) is 0 Å². The van der Waals surface area contributed by atoms with Crippen LogP contribution in [-0.4, -0.2) is 45.1 Å². The number of benzene rings is 1. The lowest BCUT2D eigenvalue weighted by Gasteiger charge is -2.03. The van der Waals surface area contributed by atoms with Gasteiger partial charge in [-0.1, -0.05) is 16.2 Å². The van der Waals surface area contributed by atoms with E-state index < -0.39 is 11.8 Å². The number of carboxylic acids is 1. The zero-order chi connectivity index (χ0) is 16.2. The molecule has 9 heteroatoms. The van der Waals surface area contributed by atoms with Crippen LogP contribution >= 0.6 is 0 Å². The van der Waals surface area contributed by atoms with Gasteiger partial charge in [0.15, 0.2) is 0 Å². The Morgan fingerprint density at radius 2 is 2.26 bits per heavy atom. The van der Waals surface area contributed by atoms with Crippen molar-refractivity contribution in [3.05, 3.63) is 35.3 Å². The van der Waals surface area contributed by atoms with Gasteiger partial charge in [0.2, 0.25) is 5.69 Å². The van der Waals surface area contributed by atoms with Crippen molar-refractivity contribution in [1.82, 2.24) is 15.4 Å². The largest absolute Gasteiger partial charge is 0.476 e. The molecular weight excluding hydrogens is 305 g/mol. The summed E-state index contributed by atoms with van der Waals surface area (Å²) in [5.41, 5.74) is 0.310. The molecule has 0 aliphatic carbocycles. The maximum absolute atomic E-state index is 14.0. The van der Waals surface area contributed by atoms with Crippen molar-refractivity contribution in [2.75, 3.05) is 6.67 Å². The first-order valence-electron chi connectivity index (χ1n) is 6.31. The lowest BCUT2D eigenvalue weighted by molar-refractivity contribution is 0.0687. The first-order chi connectivity index (χ1) is 11.1. The molecule has 0 amide bonds. The number of carbonyl (C=O) groups is 1. The monoisotopic (exact) mass is 313 g/mol. The van der Waals surface area contributed by atoms with Crippen LogP contribution in [0.4, 0.5) is 4.39 Å². The van der Waals surface area contributed by atoms with E-state index >= 15 is 0 Å². The number of aromatic nitrogens is 3. The molecule has 114 valence electrons. The number of aromatic carboxylic acids is 1. The molecule has 0 saturated heterocycles. The van der Waals surface area contributed by atoms with Crippen molar-refractivity contribution >= 4 is 17.9 Å². The average molecular weight is 313 g/mol. The number of nitrogens with one attached hydrogen (secondary N) is 1. The molecule has 0 bridgehead atoms. The minimum Gasteiger partial charge on any atom is -0.476 e. The minimum absolute atomic E-state index is 0.0734. The normalized spacial score (nSPS) is 12.5. The number of halogens is 1. The Hall–Kier alpha value is -3.54. The third kappa shape index (κ3) is 3.21. The molecule has 2 heterocycles. The predicted octanol–water partition coefficient (Wildman–Crippen LogP) is 1.27. The van der Waals surface area contributed by atoms with Gasteiger partial charge in [0.1, 0.15) is 23.9 Å². The van der Waals surface area contributed by atoms with Gasteiger partial charge < -0.3 is 9.84 Å². The molecule has 0 spiro atoms. The second kappa shape index (κ2) is 6.07. The van der Waals surface area contributed by atoms with Crippen molar-refractivity contribution in [3.8, 4) is 23.5 Å². The smallest absolute Gasteiger partial charge is 0.359 e. The Morgan fingerprint density at radius 3 is 2.96 bits per heavy atom. The number of hydrogen-bond acceptors (Lipinski definition) is 6. The molecule has 0 radical (unpaired) electrons. The summed E-state index contributed by atoms with van der Waals surface area (Å²) in [6, 6.07) is 3.93. The molecule has 23 heavy (non-hydrogen) atoms. The van der Waals surface area contributed by atoms with Gasteiger partial charge in [0.05, 0.1) is 11.8 Å². The standard InChI is InChI=1S/C14H8FN5O3/c15-11-5-10(23-13-12(14(21)22)18-20-19-13)4-2-8(11)1-3-9-6-16-7-17-9/h2,4-6H,7H2,(H,21,22)(H,18,19,20). The average Bonchev–Trinajstić information content (AvgIpc) is 3.17. The molecule has 2 N–H and O–H groups in total. The summed E-state index contributed by atoms with van der Waals surface area (Å²) in [5, 5.41) is 17.9. The van der Waals surface area contributed by atoms with Crippen LogP contribution in [0.5, 0.6) is 11.6 Å². The molecular formula is C14H8FN5O3. The zero-order valence-corrected chi connectivity index (χ0v) is 11.4. The number of H-pyrrole nitrogens is 1. The van der Waals surface area contributed by atoms with E-state index in [4.69, 9.17) is 9.84 Å². The summed E-state index contributed by atoms with van der Waals surface area (Å²) >= 11 is 0. The molecule has 8 nitrogen and oxygen atoms in total. The Bertz CT molecular complexity index is 891. The van der Waals surface area contributed by atoms with Gasteiger partial charge in [-0.2, -0.15) is 0 Å². The quantitative estimate of drug-likeness (QED) is 0.828. The summed E-state index contributed by atoms with van der Waals surface area (Å²) < 4.78 is 19.2. The summed E-state index contributed by atoms with van der Waals surface area (Å²) in [4.78, 5) is 18.7. The number of aliphatic imine (C=N–C) groups is 2. The van der Waals surface area contributed by atoms with Crippen molar-refractivity contribution < 1.29 is 19.0 Å². The van der Waals surface area contributed by atoms with E-state index in [2.05, 4.69) is 37.2 Å². The van der Waals surface area contributed by atoms with E-state index in [-0.39, 0.29) is 22.9 Å². The Morgan fingerprint density at radius 1 is 1.39 bits per heavy atom. The van der Waals surface area contributed by atoms with Gasteiger partial charge in [0.25, 0.3) is 5.88 Å².